The maximum atomic E-state index is 12.7. The molecular weight excluding hydrogens is 629 g/mol. The molecule has 4 atom stereocenters. The fourth-order valence-corrected chi connectivity index (χ4v) is 6.78. The van der Waals surface area contributed by atoms with E-state index in [0.29, 0.717) is 43.4 Å². The Bertz CT molecular complexity index is 1050. The van der Waals surface area contributed by atoms with E-state index >= 15 is 0 Å². The Morgan fingerprint density at radius 3 is 1.98 bits per heavy atom. The molecule has 6 amide bonds. The zero-order valence-corrected chi connectivity index (χ0v) is 29.6. The molecule has 1 aliphatic heterocycles. The summed E-state index contributed by atoms with van der Waals surface area (Å²) in [6.07, 6.45) is 7.05. The number of imide groups is 1. The van der Waals surface area contributed by atoms with E-state index in [4.69, 9.17) is 7.85 Å². The van der Waals surface area contributed by atoms with E-state index in [2.05, 4.69) is 35.1 Å². The van der Waals surface area contributed by atoms with Crippen LogP contribution in [0.15, 0.2) is 0 Å². The number of nitrogens with zero attached hydrogens (tertiary/aromatic N) is 1. The number of rotatable bonds is 24. The largest absolute Gasteiger partial charge is 0.345 e. The summed E-state index contributed by atoms with van der Waals surface area (Å²) in [6.45, 7) is 9.06. The van der Waals surface area contributed by atoms with Crippen molar-refractivity contribution in [3.63, 3.8) is 0 Å². The van der Waals surface area contributed by atoms with Gasteiger partial charge in [0.1, 0.15) is 18.1 Å². The predicted molar refractivity (Wildman–Crippen MR) is 183 cm³/mol. The molecule has 0 saturated carbocycles. The lowest BCUT2D eigenvalue weighted by Gasteiger charge is -2.20. The van der Waals surface area contributed by atoms with Gasteiger partial charge in [0.25, 0.3) is 0 Å². The van der Waals surface area contributed by atoms with Gasteiger partial charge in [0.2, 0.25) is 35.4 Å². The number of amides is 6. The van der Waals surface area contributed by atoms with E-state index < -0.39 is 29.9 Å². The van der Waals surface area contributed by atoms with Gasteiger partial charge in [-0.25, -0.2) is 0 Å². The van der Waals surface area contributed by atoms with Crippen molar-refractivity contribution in [2.24, 2.45) is 0 Å². The zero-order valence-electron chi connectivity index (χ0n) is 28.0. The van der Waals surface area contributed by atoms with E-state index in [1.807, 2.05) is 0 Å². The van der Waals surface area contributed by atoms with Gasteiger partial charge >= 0.3 is 0 Å². The summed E-state index contributed by atoms with van der Waals surface area (Å²) >= 11 is 3.13. The number of thioether (sulfide) groups is 2. The first-order valence-corrected chi connectivity index (χ1v) is 18.4. The molecule has 1 fully saturated rings. The first-order valence-electron chi connectivity index (χ1n) is 16.3. The van der Waals surface area contributed by atoms with Crippen LogP contribution in [0, 0.1) is 0 Å². The number of hydrogen-bond acceptors (Lipinski definition) is 9. The standard InChI is InChI=1S/C31H52BN5O7S2/c1-6-23(7-2)46-24-18-27(40)37(31(24)44)16-12-8-11-15-26(39)34-21(4)29(42)36-22(5)30(43)35-20(3)28(41)33-19-45-17-13-9-10-14-25(32)38/h20-24H,6-19H2,1-5H3,(H,33,41)(H,34,39)(H,35,43)(H,36,42). The molecule has 46 heavy (non-hydrogen) atoms. The quantitative estimate of drug-likeness (QED) is 0.0516. The first-order chi connectivity index (χ1) is 21.8. The van der Waals surface area contributed by atoms with Crippen LogP contribution in [0.1, 0.15) is 105 Å². The molecule has 0 aromatic rings. The number of carbonyl (C=O) groups excluding carboxylic acids is 7. The van der Waals surface area contributed by atoms with Crippen LogP contribution in [-0.4, -0.2) is 101 Å². The third kappa shape index (κ3) is 16.3. The van der Waals surface area contributed by atoms with Crippen molar-refractivity contribution >= 4 is 72.5 Å². The lowest BCUT2D eigenvalue weighted by molar-refractivity contribution is -0.138. The Kier molecular flexibility index (Phi) is 20.6. The number of hydrogen-bond donors (Lipinski definition) is 4. The second-order valence-electron chi connectivity index (χ2n) is 11.6. The van der Waals surface area contributed by atoms with E-state index in [1.54, 1.807) is 18.7 Å². The third-order valence-electron chi connectivity index (χ3n) is 7.59. The number of unbranched alkanes of at least 4 members (excludes halogenated alkanes) is 4. The van der Waals surface area contributed by atoms with Crippen molar-refractivity contribution in [2.75, 3.05) is 18.2 Å². The molecule has 1 saturated heterocycles. The lowest BCUT2D eigenvalue weighted by Crippen LogP contribution is -2.54. The van der Waals surface area contributed by atoms with Crippen molar-refractivity contribution in [1.82, 2.24) is 26.2 Å². The molecule has 0 aromatic heterocycles. The van der Waals surface area contributed by atoms with Gasteiger partial charge in [-0.05, 0) is 71.5 Å². The lowest BCUT2D eigenvalue weighted by atomic mass is 9.97. The van der Waals surface area contributed by atoms with Crippen LogP contribution in [-0.2, 0) is 33.6 Å². The molecule has 12 nitrogen and oxygen atoms in total. The minimum atomic E-state index is -0.930. The van der Waals surface area contributed by atoms with Gasteiger partial charge in [-0.2, -0.15) is 0 Å². The highest BCUT2D eigenvalue weighted by atomic mass is 32.2. The molecule has 0 aromatic carbocycles. The van der Waals surface area contributed by atoms with E-state index in [0.717, 1.165) is 37.9 Å². The summed E-state index contributed by atoms with van der Waals surface area (Å²) < 4.78 is 0. The molecule has 0 bridgehead atoms. The summed E-state index contributed by atoms with van der Waals surface area (Å²) in [4.78, 5) is 86.8. The highest BCUT2D eigenvalue weighted by Gasteiger charge is 2.39. The molecule has 1 rings (SSSR count). The predicted octanol–water partition coefficient (Wildman–Crippen LogP) is 2.17. The average molecular weight is 682 g/mol. The fourth-order valence-electron chi connectivity index (χ4n) is 4.65. The van der Waals surface area contributed by atoms with Crippen molar-refractivity contribution < 1.29 is 33.6 Å². The molecule has 4 N–H and O–H groups in total. The summed E-state index contributed by atoms with van der Waals surface area (Å²) in [5.41, 5.74) is -0.306. The molecule has 258 valence electrons. The molecule has 15 heteroatoms. The number of carbonyl (C=O) groups is 7. The van der Waals surface area contributed by atoms with E-state index in [-0.39, 0.29) is 47.4 Å². The zero-order chi connectivity index (χ0) is 34.6. The summed E-state index contributed by atoms with van der Waals surface area (Å²) in [5.74, 6) is -0.788. The summed E-state index contributed by atoms with van der Waals surface area (Å²) in [5, 5.41) is 10.5. The summed E-state index contributed by atoms with van der Waals surface area (Å²) in [7, 11) is 5.11. The second kappa shape index (κ2) is 22.9. The highest BCUT2D eigenvalue weighted by Crippen LogP contribution is 2.31. The maximum absolute atomic E-state index is 12.7. The molecule has 1 heterocycles. The van der Waals surface area contributed by atoms with Crippen LogP contribution >= 0.6 is 23.5 Å². The molecular formula is C31H52BN5O7S2. The summed E-state index contributed by atoms with van der Waals surface area (Å²) in [6, 6.07) is -2.61. The molecule has 4 unspecified atom stereocenters. The molecule has 0 spiro atoms. The Hall–Kier alpha value is -2.55. The van der Waals surface area contributed by atoms with Crippen molar-refractivity contribution in [3.05, 3.63) is 0 Å². The monoisotopic (exact) mass is 681 g/mol. The van der Waals surface area contributed by atoms with Gasteiger partial charge < -0.3 is 26.1 Å². The third-order valence-corrected chi connectivity index (χ3v) is 10.3. The number of nitrogens with one attached hydrogen (secondary N) is 4. The van der Waals surface area contributed by atoms with Gasteiger partial charge in [0.05, 0.1) is 16.8 Å². The van der Waals surface area contributed by atoms with Crippen LogP contribution in [0.25, 0.3) is 0 Å². The van der Waals surface area contributed by atoms with Gasteiger partial charge in [0, 0.05) is 24.6 Å². The van der Waals surface area contributed by atoms with Crippen molar-refractivity contribution in [2.45, 2.75) is 134 Å². The van der Waals surface area contributed by atoms with Gasteiger partial charge in [-0.15, -0.1) is 23.5 Å². The molecule has 2 radical (unpaired) electrons. The normalized spacial score (nSPS) is 16.6. The Balaban J connectivity index is 2.25. The van der Waals surface area contributed by atoms with Crippen LogP contribution in [0.5, 0.6) is 0 Å². The van der Waals surface area contributed by atoms with Gasteiger partial charge in [-0.1, -0.05) is 26.7 Å². The van der Waals surface area contributed by atoms with Gasteiger partial charge in [0.15, 0.2) is 7.85 Å². The number of likely N-dealkylation sites (tertiary alicyclic amines) is 1. The molecule has 0 aliphatic carbocycles. The minimum Gasteiger partial charge on any atom is -0.345 e. The topological polar surface area (TPSA) is 171 Å². The van der Waals surface area contributed by atoms with E-state index in [9.17, 15) is 33.6 Å². The fraction of sp³-hybridized carbons (Fsp3) is 0.774. The Morgan fingerprint density at radius 2 is 1.37 bits per heavy atom. The van der Waals surface area contributed by atoms with Crippen LogP contribution in [0.4, 0.5) is 0 Å². The highest BCUT2D eigenvalue weighted by molar-refractivity contribution is 8.01. The Morgan fingerprint density at radius 1 is 0.804 bits per heavy atom. The van der Waals surface area contributed by atoms with Crippen LogP contribution in [0.3, 0.4) is 0 Å². The second-order valence-corrected chi connectivity index (χ2v) is 14.2. The smallest absolute Gasteiger partial charge is 0.242 e. The van der Waals surface area contributed by atoms with Crippen molar-refractivity contribution in [1.29, 1.82) is 0 Å². The van der Waals surface area contributed by atoms with Crippen molar-refractivity contribution in [3.8, 4) is 0 Å². The maximum Gasteiger partial charge on any atom is 0.242 e. The minimum absolute atomic E-state index is 0.114. The molecule has 1 aliphatic rings. The van der Waals surface area contributed by atoms with Gasteiger partial charge in [-0.3, -0.25) is 33.7 Å². The SMILES string of the molecule is [B]C(=O)CCCCCSCNC(=O)C(C)NC(=O)C(C)NC(=O)C(C)NC(=O)CCCCCN1C(=O)CC(SC(CC)CC)C1=O. The van der Waals surface area contributed by atoms with E-state index in [1.165, 1.54) is 30.5 Å². The van der Waals surface area contributed by atoms with Crippen LogP contribution < -0.4 is 21.3 Å². The first kappa shape index (κ1) is 41.5. The average Bonchev–Trinajstić information content (AvgIpc) is 3.27. The van der Waals surface area contributed by atoms with Crippen LogP contribution in [0.2, 0.25) is 0 Å². The Labute approximate surface area is 283 Å².